The van der Waals surface area contributed by atoms with Crippen LogP contribution in [0.2, 0.25) is 0 Å². The van der Waals surface area contributed by atoms with Gasteiger partial charge in [0, 0.05) is 12.6 Å². The first-order valence-corrected chi connectivity index (χ1v) is 8.92. The normalized spacial score (nSPS) is 13.1. The molecule has 2 aromatic carbocycles. The number of hydrogen-bond donors (Lipinski definition) is 2. The second-order valence-corrected chi connectivity index (χ2v) is 6.59. The summed E-state index contributed by atoms with van der Waals surface area (Å²) >= 11 is 3.53. The van der Waals surface area contributed by atoms with Crippen molar-refractivity contribution in [3.8, 4) is 11.5 Å². The Morgan fingerprint density at radius 3 is 2.64 bits per heavy atom. The molecule has 0 aliphatic heterocycles. The number of benzene rings is 2. The number of aliphatic hydroxyl groups is 1. The molecule has 0 heterocycles. The van der Waals surface area contributed by atoms with E-state index in [0.717, 1.165) is 15.6 Å². The van der Waals surface area contributed by atoms with Crippen molar-refractivity contribution >= 4 is 15.9 Å². The van der Waals surface area contributed by atoms with E-state index in [4.69, 9.17) is 9.47 Å². The SMILES string of the molecule is C=CCOc1c(Br)cc(CN[C@H](C)[C@H](O)c2ccccc2)cc1OC. The van der Waals surface area contributed by atoms with Gasteiger partial charge in [-0.3, -0.25) is 0 Å². The maximum atomic E-state index is 10.4. The molecule has 0 radical (unpaired) electrons. The molecular weight excluding hydrogens is 382 g/mol. The van der Waals surface area contributed by atoms with Crippen LogP contribution in [0, 0.1) is 0 Å². The van der Waals surface area contributed by atoms with Crippen molar-refractivity contribution in [3.05, 3.63) is 70.7 Å². The number of rotatable bonds is 9. The Labute approximate surface area is 157 Å². The quantitative estimate of drug-likeness (QED) is 0.612. The van der Waals surface area contributed by atoms with Crippen LogP contribution in [-0.2, 0) is 6.54 Å². The molecule has 25 heavy (non-hydrogen) atoms. The van der Waals surface area contributed by atoms with Crippen molar-refractivity contribution in [2.45, 2.75) is 25.6 Å². The smallest absolute Gasteiger partial charge is 0.175 e. The van der Waals surface area contributed by atoms with E-state index in [0.29, 0.717) is 24.7 Å². The summed E-state index contributed by atoms with van der Waals surface area (Å²) in [7, 11) is 1.61. The first-order valence-electron chi connectivity index (χ1n) is 8.13. The standard InChI is InChI=1S/C20H24BrNO3/c1-4-10-25-20-17(21)11-15(12-18(20)24-3)13-22-14(2)19(23)16-8-6-5-7-9-16/h4-9,11-12,14,19,22-23H,1,10,13H2,2-3H3/t14-,19+/m1/s1. The number of aliphatic hydroxyl groups excluding tert-OH is 1. The first-order chi connectivity index (χ1) is 12.1. The van der Waals surface area contributed by atoms with Gasteiger partial charge in [0.25, 0.3) is 0 Å². The van der Waals surface area contributed by atoms with Crippen molar-refractivity contribution < 1.29 is 14.6 Å². The van der Waals surface area contributed by atoms with Crippen LogP contribution >= 0.6 is 15.9 Å². The Morgan fingerprint density at radius 1 is 1.28 bits per heavy atom. The van der Waals surface area contributed by atoms with Crippen LogP contribution in [0.1, 0.15) is 24.2 Å². The Balaban J connectivity index is 2.05. The van der Waals surface area contributed by atoms with Crippen LogP contribution < -0.4 is 14.8 Å². The third kappa shape index (κ3) is 5.33. The van der Waals surface area contributed by atoms with Crippen LogP contribution in [0.15, 0.2) is 59.6 Å². The minimum atomic E-state index is -0.568. The molecule has 0 spiro atoms. The van der Waals surface area contributed by atoms with E-state index in [-0.39, 0.29) is 6.04 Å². The number of halogens is 1. The lowest BCUT2D eigenvalue weighted by Crippen LogP contribution is -2.31. The zero-order valence-electron chi connectivity index (χ0n) is 14.5. The monoisotopic (exact) mass is 405 g/mol. The predicted octanol–water partition coefficient (Wildman–Crippen LogP) is 4.23. The maximum Gasteiger partial charge on any atom is 0.175 e. The van der Waals surface area contributed by atoms with E-state index >= 15 is 0 Å². The topological polar surface area (TPSA) is 50.7 Å². The highest BCUT2D eigenvalue weighted by atomic mass is 79.9. The van der Waals surface area contributed by atoms with Gasteiger partial charge < -0.3 is 19.9 Å². The zero-order valence-corrected chi connectivity index (χ0v) is 16.1. The summed E-state index contributed by atoms with van der Waals surface area (Å²) in [6.07, 6.45) is 1.12. The minimum Gasteiger partial charge on any atom is -0.493 e. The molecule has 0 saturated heterocycles. The molecule has 0 fully saturated rings. The molecule has 0 aliphatic rings. The fourth-order valence-corrected chi connectivity index (χ4v) is 3.09. The molecule has 0 saturated carbocycles. The molecule has 2 N–H and O–H groups in total. The van der Waals surface area contributed by atoms with Gasteiger partial charge in [-0.1, -0.05) is 43.0 Å². The summed E-state index contributed by atoms with van der Waals surface area (Å²) in [4.78, 5) is 0. The van der Waals surface area contributed by atoms with Gasteiger partial charge in [0.15, 0.2) is 11.5 Å². The van der Waals surface area contributed by atoms with Gasteiger partial charge in [0.05, 0.1) is 17.7 Å². The molecule has 2 rings (SSSR count). The lowest BCUT2D eigenvalue weighted by Gasteiger charge is -2.21. The molecule has 4 nitrogen and oxygen atoms in total. The van der Waals surface area contributed by atoms with E-state index < -0.39 is 6.10 Å². The fraction of sp³-hybridized carbons (Fsp3) is 0.300. The second-order valence-electron chi connectivity index (χ2n) is 5.73. The maximum absolute atomic E-state index is 10.4. The van der Waals surface area contributed by atoms with Gasteiger partial charge in [0.2, 0.25) is 0 Å². The van der Waals surface area contributed by atoms with Crippen molar-refractivity contribution in [2.24, 2.45) is 0 Å². The van der Waals surface area contributed by atoms with Crippen molar-refractivity contribution in [1.82, 2.24) is 5.32 Å². The van der Waals surface area contributed by atoms with Crippen LogP contribution in [0.5, 0.6) is 11.5 Å². The Kier molecular flexibility index (Phi) is 7.50. The third-order valence-corrected chi connectivity index (χ3v) is 4.47. The summed E-state index contributed by atoms with van der Waals surface area (Å²) in [5.74, 6) is 1.31. The van der Waals surface area contributed by atoms with Crippen LogP contribution in [0.3, 0.4) is 0 Å². The summed E-state index contributed by atoms with van der Waals surface area (Å²) in [6.45, 7) is 6.63. The van der Waals surface area contributed by atoms with Crippen molar-refractivity contribution in [3.63, 3.8) is 0 Å². The molecule has 0 unspecified atom stereocenters. The Bertz CT molecular complexity index is 691. The molecule has 2 aromatic rings. The molecular formula is C20H24BrNO3. The highest BCUT2D eigenvalue weighted by Gasteiger charge is 2.16. The molecule has 2 atom stereocenters. The number of nitrogens with one attached hydrogen (secondary N) is 1. The van der Waals surface area contributed by atoms with Gasteiger partial charge in [-0.05, 0) is 46.1 Å². The molecule has 0 bridgehead atoms. The summed E-state index contributed by atoms with van der Waals surface area (Å²) in [5, 5.41) is 13.8. The van der Waals surface area contributed by atoms with E-state index in [9.17, 15) is 5.11 Å². The molecule has 0 aromatic heterocycles. The van der Waals surface area contributed by atoms with Crippen molar-refractivity contribution in [2.75, 3.05) is 13.7 Å². The summed E-state index contributed by atoms with van der Waals surface area (Å²) < 4.78 is 11.9. The lowest BCUT2D eigenvalue weighted by molar-refractivity contribution is 0.135. The lowest BCUT2D eigenvalue weighted by atomic mass is 10.0. The van der Waals surface area contributed by atoms with Gasteiger partial charge in [-0.15, -0.1) is 0 Å². The van der Waals surface area contributed by atoms with Gasteiger partial charge >= 0.3 is 0 Å². The summed E-state index contributed by atoms with van der Waals surface area (Å²) in [6, 6.07) is 13.5. The molecule has 134 valence electrons. The fourth-order valence-electron chi connectivity index (χ4n) is 2.49. The third-order valence-electron chi connectivity index (χ3n) is 3.88. The van der Waals surface area contributed by atoms with Crippen LogP contribution in [0.25, 0.3) is 0 Å². The van der Waals surface area contributed by atoms with Gasteiger partial charge in [-0.25, -0.2) is 0 Å². The highest BCUT2D eigenvalue weighted by molar-refractivity contribution is 9.10. The van der Waals surface area contributed by atoms with E-state index in [2.05, 4.69) is 27.8 Å². The first kappa shape index (κ1) is 19.5. The number of methoxy groups -OCH3 is 1. The number of ether oxygens (including phenoxy) is 2. The van der Waals surface area contributed by atoms with E-state index in [1.165, 1.54) is 0 Å². The Hall–Kier alpha value is -1.82. The van der Waals surface area contributed by atoms with Crippen LogP contribution in [0.4, 0.5) is 0 Å². The van der Waals surface area contributed by atoms with Crippen LogP contribution in [-0.4, -0.2) is 24.9 Å². The molecule has 0 amide bonds. The predicted molar refractivity (Wildman–Crippen MR) is 104 cm³/mol. The Morgan fingerprint density at radius 2 is 2.00 bits per heavy atom. The molecule has 5 heteroatoms. The average Bonchev–Trinajstić information content (AvgIpc) is 2.64. The van der Waals surface area contributed by atoms with Gasteiger partial charge in [0.1, 0.15) is 6.61 Å². The van der Waals surface area contributed by atoms with E-state index in [1.807, 2.05) is 49.4 Å². The number of hydrogen-bond acceptors (Lipinski definition) is 4. The van der Waals surface area contributed by atoms with E-state index in [1.54, 1.807) is 13.2 Å². The van der Waals surface area contributed by atoms with Crippen molar-refractivity contribution in [1.29, 1.82) is 0 Å². The average molecular weight is 406 g/mol. The summed E-state index contributed by atoms with van der Waals surface area (Å²) in [5.41, 5.74) is 1.93. The highest BCUT2D eigenvalue weighted by Crippen LogP contribution is 2.36. The minimum absolute atomic E-state index is 0.0936. The zero-order chi connectivity index (χ0) is 18.2. The largest absolute Gasteiger partial charge is 0.493 e. The molecule has 0 aliphatic carbocycles. The van der Waals surface area contributed by atoms with Gasteiger partial charge in [-0.2, -0.15) is 0 Å². The second kappa shape index (κ2) is 9.61.